The number of pyridine rings is 1. The van der Waals surface area contributed by atoms with Crippen molar-refractivity contribution in [3.63, 3.8) is 0 Å². The van der Waals surface area contributed by atoms with Gasteiger partial charge in [0.05, 0.1) is 6.41 Å². The van der Waals surface area contributed by atoms with E-state index in [4.69, 9.17) is 0 Å². The Kier molecular flexibility index (Phi) is 10.6. The van der Waals surface area contributed by atoms with Gasteiger partial charge in [-0.3, -0.25) is 4.98 Å². The maximum absolute atomic E-state index is 10.5. The molecule has 2 heterocycles. The van der Waals surface area contributed by atoms with Crippen molar-refractivity contribution < 1.29 is 68.0 Å². The van der Waals surface area contributed by atoms with Gasteiger partial charge in [0.2, 0.25) is 0 Å². The second-order valence-electron chi connectivity index (χ2n) is 2.75. The van der Waals surface area contributed by atoms with Crippen molar-refractivity contribution in [2.45, 2.75) is 12.8 Å². The van der Waals surface area contributed by atoms with Gasteiger partial charge in [-0.15, -0.1) is 5.69 Å². The Bertz CT molecular complexity index is 309. The van der Waals surface area contributed by atoms with Crippen LogP contribution in [0.4, 0.5) is 5.69 Å². The molecule has 0 saturated carbocycles. The molecule has 0 aliphatic carbocycles. The van der Waals surface area contributed by atoms with Gasteiger partial charge in [0.15, 0.2) is 0 Å². The molecule has 6 heteroatoms. The Hall–Kier alpha value is 0.685. The molecule has 0 spiro atoms. The summed E-state index contributed by atoms with van der Waals surface area (Å²) in [5.41, 5.74) is 1.84. The molecule has 0 radical (unpaired) electrons. The minimum atomic E-state index is 0. The predicted molar refractivity (Wildman–Crippen MR) is 44.4 cm³/mol. The average molecular weight is 712 g/mol. The summed E-state index contributed by atoms with van der Waals surface area (Å²) in [6.07, 6.45) is 5.43. The Morgan fingerprint density at radius 2 is 2.13 bits per heavy atom. The van der Waals surface area contributed by atoms with E-state index in [1.165, 1.54) is 0 Å². The quantitative estimate of drug-likeness (QED) is 0.403. The molecule has 1 aliphatic rings. The number of fused-ring (bicyclic) bond motifs is 1. The first-order valence-corrected chi connectivity index (χ1v) is 3.92. The van der Waals surface area contributed by atoms with E-state index < -0.39 is 0 Å². The number of hydrogen-bond acceptors (Lipinski definition) is 2. The smallest absolute Gasteiger partial charge is 0.0719 e. The van der Waals surface area contributed by atoms with Crippen LogP contribution < -0.4 is 4.90 Å². The second-order valence-corrected chi connectivity index (χ2v) is 2.75. The predicted octanol–water partition coefficient (Wildman–Crippen LogP) is 0.694. The van der Waals surface area contributed by atoms with Gasteiger partial charge in [-0.1, -0.05) is 6.20 Å². The Balaban J connectivity index is 0. The van der Waals surface area contributed by atoms with Crippen LogP contribution in [0.1, 0.15) is 12.1 Å². The Morgan fingerprint density at radius 3 is 2.80 bits per heavy atom. The fourth-order valence-corrected chi connectivity index (χ4v) is 1.43. The fraction of sp³-hybridized carbons (Fsp3) is 0.333. The van der Waals surface area contributed by atoms with Crippen molar-refractivity contribution in [1.29, 1.82) is 0 Å². The number of nitrogens with zero attached hydrogens (tertiary/aromatic N) is 2. The first-order chi connectivity index (χ1) is 5.92. The maximum Gasteiger partial charge on any atom is 0.0719 e. The van der Waals surface area contributed by atoms with Crippen LogP contribution in [-0.2, 0) is 74.4 Å². The number of anilines is 1. The van der Waals surface area contributed by atoms with E-state index in [0.717, 1.165) is 30.8 Å². The summed E-state index contributed by atoms with van der Waals surface area (Å²) in [5, 5.41) is 0. The minimum absolute atomic E-state index is 0. The maximum atomic E-state index is 10.5. The van der Waals surface area contributed by atoms with Crippen LogP contribution in [0.3, 0.4) is 0 Å². The van der Waals surface area contributed by atoms with Gasteiger partial charge in [0.1, 0.15) is 0 Å². The van der Waals surface area contributed by atoms with E-state index in [0.29, 0.717) is 0 Å². The van der Waals surface area contributed by atoms with E-state index in [2.05, 4.69) is 11.1 Å². The van der Waals surface area contributed by atoms with Gasteiger partial charge in [-0.25, -0.2) is 12.1 Å². The van der Waals surface area contributed by atoms with Crippen LogP contribution in [-0.4, -0.2) is 17.9 Å². The molecule has 0 fully saturated rings. The molecule has 0 unspecified atom stereocenters. The zero-order valence-corrected chi connectivity index (χ0v) is 16.6. The molecule has 1 amide bonds. The van der Waals surface area contributed by atoms with Crippen molar-refractivity contribution >= 4 is 12.1 Å². The van der Waals surface area contributed by atoms with E-state index in [9.17, 15) is 4.79 Å². The van der Waals surface area contributed by atoms with Crippen LogP contribution in [0.25, 0.3) is 0 Å². The van der Waals surface area contributed by atoms with Crippen LogP contribution in [0.5, 0.6) is 0 Å². The summed E-state index contributed by atoms with van der Waals surface area (Å²) in [5.74, 6) is 0. The number of rotatable bonds is 1. The molecule has 0 atom stereocenters. The largest absolute Gasteiger partial charge is 0.476 e. The minimum Gasteiger partial charge on any atom is -0.476 e. The summed E-state index contributed by atoms with van der Waals surface area (Å²) in [7, 11) is 0. The standard InChI is InChI=1S/C9H8N2O.3W/c12-7-11-6-2-3-8-9(11)4-1-5-10-8;;;/h4-5H,2-3,6H2;;;/q-2;;;. The summed E-state index contributed by atoms with van der Waals surface area (Å²) in [6, 6.07) is 4.64. The molecule has 80 valence electrons. The molecular weight excluding hydrogens is 704 g/mol. The van der Waals surface area contributed by atoms with Crippen molar-refractivity contribution in [3.05, 3.63) is 24.0 Å². The summed E-state index contributed by atoms with van der Waals surface area (Å²) in [4.78, 5) is 16.2. The number of aryl methyl sites for hydroxylation is 1. The van der Waals surface area contributed by atoms with Gasteiger partial charge in [-0.2, -0.15) is 0 Å². The second kappa shape index (κ2) is 8.79. The number of amides is 1. The van der Waals surface area contributed by atoms with Gasteiger partial charge in [-0.05, 0) is 25.1 Å². The molecule has 0 N–H and O–H groups in total. The topological polar surface area (TPSA) is 33.2 Å². The molecular formula is C9H8N2OW3-2. The zero-order chi connectivity index (χ0) is 8.39. The molecule has 1 aromatic heterocycles. The molecule has 1 aliphatic heterocycles. The van der Waals surface area contributed by atoms with Crippen LogP contribution in [0.15, 0.2) is 12.3 Å². The Labute approximate surface area is 132 Å². The van der Waals surface area contributed by atoms with Crippen LogP contribution >= 0.6 is 0 Å². The zero-order valence-electron chi connectivity index (χ0n) is 7.80. The molecule has 1 aromatic rings. The van der Waals surface area contributed by atoms with Crippen LogP contribution in [0.2, 0.25) is 0 Å². The number of carbonyl (C=O) groups excluding carboxylic acids is 1. The SMILES string of the molecule is O=[C-]N1CCCc2nc[c-]cc21.[W].[W].[W]. The van der Waals surface area contributed by atoms with Crippen molar-refractivity contribution in [3.8, 4) is 0 Å². The first kappa shape index (κ1) is 18.1. The van der Waals surface area contributed by atoms with E-state index in [1.807, 2.05) is 6.41 Å². The van der Waals surface area contributed by atoms with Gasteiger partial charge in [0.25, 0.3) is 0 Å². The number of aromatic nitrogens is 1. The monoisotopic (exact) mass is 712 g/mol. The molecule has 0 bridgehead atoms. The summed E-state index contributed by atoms with van der Waals surface area (Å²) < 4.78 is 0. The molecule has 0 saturated heterocycles. The van der Waals surface area contributed by atoms with Crippen molar-refractivity contribution in [1.82, 2.24) is 4.98 Å². The van der Waals surface area contributed by atoms with Crippen LogP contribution in [0, 0.1) is 6.07 Å². The third-order valence-corrected chi connectivity index (χ3v) is 2.01. The molecule has 3 nitrogen and oxygen atoms in total. The molecule has 0 aromatic carbocycles. The summed E-state index contributed by atoms with van der Waals surface area (Å²) >= 11 is 0. The number of hydrogen-bond donors (Lipinski definition) is 0. The fourth-order valence-electron chi connectivity index (χ4n) is 1.43. The average Bonchev–Trinajstić information content (AvgIpc) is 2.17. The third kappa shape index (κ3) is 4.21. The van der Waals surface area contributed by atoms with Gasteiger partial charge < -0.3 is 9.69 Å². The first-order valence-electron chi connectivity index (χ1n) is 3.92. The molecule has 2 rings (SSSR count). The Morgan fingerprint density at radius 1 is 1.40 bits per heavy atom. The van der Waals surface area contributed by atoms with Crippen molar-refractivity contribution in [2.24, 2.45) is 0 Å². The van der Waals surface area contributed by atoms with E-state index in [-0.39, 0.29) is 63.2 Å². The van der Waals surface area contributed by atoms with Crippen molar-refractivity contribution in [2.75, 3.05) is 11.4 Å². The summed E-state index contributed by atoms with van der Waals surface area (Å²) in [6.45, 7) is 0.746. The van der Waals surface area contributed by atoms with E-state index >= 15 is 0 Å². The molecule has 15 heavy (non-hydrogen) atoms. The van der Waals surface area contributed by atoms with Gasteiger partial charge >= 0.3 is 0 Å². The third-order valence-electron chi connectivity index (χ3n) is 2.01. The van der Waals surface area contributed by atoms with E-state index in [1.54, 1.807) is 17.2 Å². The normalized spacial score (nSPS) is 12.4. The van der Waals surface area contributed by atoms with Gasteiger partial charge in [0, 0.05) is 63.2 Å².